The van der Waals surface area contributed by atoms with E-state index in [0.29, 0.717) is 18.4 Å². The Hall–Kier alpha value is -1.03. The van der Waals surface area contributed by atoms with Crippen molar-refractivity contribution in [1.82, 2.24) is 9.97 Å². The van der Waals surface area contributed by atoms with Crippen LogP contribution in [0.2, 0.25) is 0 Å². The predicted molar refractivity (Wildman–Crippen MR) is 66.2 cm³/mol. The van der Waals surface area contributed by atoms with E-state index >= 15 is 0 Å². The molecule has 5 heteroatoms. The fraction of sp³-hybridized carbons (Fsp3) is 0.636. The number of alkyl halides is 1. The molecule has 0 aromatic carbocycles. The number of ether oxygens (including phenoxy) is 1. The van der Waals surface area contributed by atoms with Crippen LogP contribution in [0, 0.1) is 0 Å². The molecule has 16 heavy (non-hydrogen) atoms. The minimum atomic E-state index is 0.137. The van der Waals surface area contributed by atoms with E-state index in [4.69, 9.17) is 16.3 Å². The summed E-state index contributed by atoms with van der Waals surface area (Å²) in [6.07, 6.45) is 2.54. The Kier molecular flexibility index (Phi) is 5.32. The van der Waals surface area contributed by atoms with Gasteiger partial charge in [0.15, 0.2) is 0 Å². The highest BCUT2D eigenvalue weighted by molar-refractivity contribution is 6.20. The molecule has 2 unspecified atom stereocenters. The van der Waals surface area contributed by atoms with Crippen LogP contribution in [0.25, 0.3) is 0 Å². The summed E-state index contributed by atoms with van der Waals surface area (Å²) in [6, 6.07) is 1.98. The molecule has 0 amide bonds. The zero-order valence-corrected chi connectivity index (χ0v) is 10.7. The molecule has 1 aromatic heterocycles. The maximum Gasteiger partial charge on any atom is 0.226 e. The molecule has 0 aliphatic rings. The number of aromatic nitrogens is 2. The molecule has 0 saturated heterocycles. The Morgan fingerprint density at radius 1 is 1.50 bits per heavy atom. The van der Waals surface area contributed by atoms with Crippen LogP contribution in [-0.2, 0) is 0 Å². The van der Waals surface area contributed by atoms with E-state index in [1.807, 2.05) is 13.8 Å². The van der Waals surface area contributed by atoms with Crippen LogP contribution in [0.5, 0.6) is 5.88 Å². The largest absolute Gasteiger partial charge is 0.478 e. The van der Waals surface area contributed by atoms with Crippen LogP contribution in [0.15, 0.2) is 12.3 Å². The van der Waals surface area contributed by atoms with Crippen LogP contribution in [0.3, 0.4) is 0 Å². The lowest BCUT2D eigenvalue weighted by atomic mass is 10.2. The maximum absolute atomic E-state index is 5.91. The number of hydrogen-bond donors (Lipinski definition) is 1. The van der Waals surface area contributed by atoms with Gasteiger partial charge in [-0.2, -0.15) is 4.98 Å². The monoisotopic (exact) mass is 243 g/mol. The Morgan fingerprint density at radius 3 is 2.88 bits per heavy atom. The lowest BCUT2D eigenvalue weighted by molar-refractivity contribution is 0.326. The molecule has 1 heterocycles. The van der Waals surface area contributed by atoms with Crippen LogP contribution in [0.1, 0.15) is 27.2 Å². The van der Waals surface area contributed by atoms with Crippen molar-refractivity contribution in [2.75, 3.05) is 11.9 Å². The van der Waals surface area contributed by atoms with Crippen molar-refractivity contribution in [1.29, 1.82) is 0 Å². The van der Waals surface area contributed by atoms with E-state index in [2.05, 4.69) is 22.2 Å². The summed E-state index contributed by atoms with van der Waals surface area (Å²) < 4.78 is 5.29. The highest BCUT2D eigenvalue weighted by Crippen LogP contribution is 2.12. The number of rotatable bonds is 6. The quantitative estimate of drug-likeness (QED) is 0.781. The lowest BCUT2D eigenvalue weighted by Gasteiger charge is -2.15. The summed E-state index contributed by atoms with van der Waals surface area (Å²) >= 11 is 5.91. The molecular formula is C11H18ClN3O. The third-order valence-corrected chi connectivity index (χ3v) is 2.15. The molecule has 0 spiro atoms. The molecule has 0 saturated carbocycles. The Bertz CT molecular complexity index is 320. The van der Waals surface area contributed by atoms with Crippen molar-refractivity contribution in [3.8, 4) is 5.88 Å². The zero-order valence-electron chi connectivity index (χ0n) is 9.90. The first-order valence-electron chi connectivity index (χ1n) is 5.48. The minimum Gasteiger partial charge on any atom is -0.478 e. The summed E-state index contributed by atoms with van der Waals surface area (Å²) in [5.74, 6) is 1.17. The topological polar surface area (TPSA) is 47.0 Å². The van der Waals surface area contributed by atoms with Gasteiger partial charge in [0.25, 0.3) is 0 Å². The normalized spacial score (nSPS) is 14.2. The first-order chi connectivity index (χ1) is 7.61. The van der Waals surface area contributed by atoms with Crippen LogP contribution < -0.4 is 10.1 Å². The average Bonchev–Trinajstić information content (AvgIpc) is 2.17. The van der Waals surface area contributed by atoms with Gasteiger partial charge in [0, 0.05) is 23.7 Å². The molecule has 0 radical (unpaired) electrons. The molecule has 0 aliphatic carbocycles. The fourth-order valence-corrected chi connectivity index (χ4v) is 1.67. The van der Waals surface area contributed by atoms with Gasteiger partial charge in [0.2, 0.25) is 11.8 Å². The van der Waals surface area contributed by atoms with E-state index in [1.165, 1.54) is 0 Å². The van der Waals surface area contributed by atoms with Gasteiger partial charge >= 0.3 is 0 Å². The average molecular weight is 244 g/mol. The predicted octanol–water partition coefficient (Wildman–Crippen LogP) is 2.69. The minimum absolute atomic E-state index is 0.137. The zero-order chi connectivity index (χ0) is 12.0. The van der Waals surface area contributed by atoms with E-state index in [0.717, 1.165) is 6.42 Å². The van der Waals surface area contributed by atoms with Gasteiger partial charge < -0.3 is 10.1 Å². The van der Waals surface area contributed by atoms with Gasteiger partial charge in [-0.1, -0.05) is 0 Å². The standard InChI is InChI=1S/C11H18ClN3O/c1-4-16-10-5-6-13-11(15-10)14-9(3)7-8(2)12/h5-6,8-9H,4,7H2,1-3H3,(H,13,14,15). The molecule has 4 nitrogen and oxygen atoms in total. The molecule has 2 atom stereocenters. The fourth-order valence-electron chi connectivity index (χ4n) is 1.41. The van der Waals surface area contributed by atoms with Crippen molar-refractivity contribution in [2.45, 2.75) is 38.6 Å². The molecule has 90 valence electrons. The third kappa shape index (κ3) is 4.66. The van der Waals surface area contributed by atoms with Gasteiger partial charge in [-0.25, -0.2) is 4.98 Å². The van der Waals surface area contributed by atoms with Crippen molar-refractivity contribution < 1.29 is 4.74 Å². The van der Waals surface area contributed by atoms with E-state index in [-0.39, 0.29) is 11.4 Å². The number of hydrogen-bond acceptors (Lipinski definition) is 4. The number of nitrogens with one attached hydrogen (secondary N) is 1. The first-order valence-corrected chi connectivity index (χ1v) is 5.92. The van der Waals surface area contributed by atoms with Crippen molar-refractivity contribution >= 4 is 17.5 Å². The number of anilines is 1. The SMILES string of the molecule is CCOc1ccnc(NC(C)CC(C)Cl)n1. The van der Waals surface area contributed by atoms with Gasteiger partial charge in [0.05, 0.1) is 6.61 Å². The van der Waals surface area contributed by atoms with E-state index < -0.39 is 0 Å². The molecule has 1 aromatic rings. The summed E-state index contributed by atoms with van der Waals surface area (Å²) in [5.41, 5.74) is 0. The second-order valence-electron chi connectivity index (χ2n) is 3.71. The number of halogens is 1. The van der Waals surface area contributed by atoms with Crippen molar-refractivity contribution in [3.63, 3.8) is 0 Å². The molecule has 0 bridgehead atoms. The first kappa shape index (κ1) is 13.0. The summed E-state index contributed by atoms with van der Waals surface area (Å²) in [5, 5.41) is 3.32. The second-order valence-corrected chi connectivity index (χ2v) is 4.46. The molecule has 1 N–H and O–H groups in total. The Balaban J connectivity index is 2.55. The molecular weight excluding hydrogens is 226 g/mol. The molecule has 1 rings (SSSR count). The summed E-state index contributed by atoms with van der Waals surface area (Å²) in [7, 11) is 0. The second kappa shape index (κ2) is 6.53. The smallest absolute Gasteiger partial charge is 0.226 e. The highest BCUT2D eigenvalue weighted by Gasteiger charge is 2.08. The third-order valence-electron chi connectivity index (χ3n) is 1.98. The summed E-state index contributed by atoms with van der Waals surface area (Å²) in [6.45, 7) is 6.55. The van der Waals surface area contributed by atoms with Gasteiger partial charge in [-0.05, 0) is 27.2 Å². The summed E-state index contributed by atoms with van der Waals surface area (Å²) in [4.78, 5) is 8.35. The number of nitrogens with zero attached hydrogens (tertiary/aromatic N) is 2. The van der Waals surface area contributed by atoms with Crippen LogP contribution >= 0.6 is 11.6 Å². The highest BCUT2D eigenvalue weighted by atomic mass is 35.5. The molecule has 0 aliphatic heterocycles. The van der Waals surface area contributed by atoms with Gasteiger partial charge in [-0.15, -0.1) is 11.6 Å². The van der Waals surface area contributed by atoms with E-state index in [9.17, 15) is 0 Å². The van der Waals surface area contributed by atoms with Gasteiger partial charge in [0.1, 0.15) is 0 Å². The van der Waals surface area contributed by atoms with Crippen molar-refractivity contribution in [2.24, 2.45) is 0 Å². The van der Waals surface area contributed by atoms with Crippen LogP contribution in [-0.4, -0.2) is 28.0 Å². The Labute approximate surface area is 101 Å². The molecule has 0 fully saturated rings. The van der Waals surface area contributed by atoms with E-state index in [1.54, 1.807) is 12.3 Å². The lowest BCUT2D eigenvalue weighted by Crippen LogP contribution is -2.20. The van der Waals surface area contributed by atoms with Gasteiger partial charge in [-0.3, -0.25) is 0 Å². The Morgan fingerprint density at radius 2 is 2.25 bits per heavy atom. The maximum atomic E-state index is 5.91. The van der Waals surface area contributed by atoms with Crippen molar-refractivity contribution in [3.05, 3.63) is 12.3 Å². The van der Waals surface area contributed by atoms with Crippen LogP contribution in [0.4, 0.5) is 5.95 Å².